The molecule has 64 heavy (non-hydrogen) atoms. The molecule has 0 aromatic rings. The largest absolute Gasteiger partial charge is 0.462 e. The molecule has 0 aliphatic rings. The van der Waals surface area contributed by atoms with Gasteiger partial charge in [-0.25, -0.2) is 0 Å². The first kappa shape index (κ1) is 60.9. The van der Waals surface area contributed by atoms with Crippen molar-refractivity contribution in [1.82, 2.24) is 0 Å². The molecule has 0 bridgehead atoms. The summed E-state index contributed by atoms with van der Waals surface area (Å²) in [5.74, 6) is -0.895. The van der Waals surface area contributed by atoms with E-state index < -0.39 is 6.10 Å². The van der Waals surface area contributed by atoms with Crippen LogP contribution in [0.15, 0.2) is 72.9 Å². The molecule has 1 unspecified atom stereocenters. The molecule has 0 rings (SSSR count). The fourth-order valence-corrected chi connectivity index (χ4v) is 7.40. The van der Waals surface area contributed by atoms with Crippen LogP contribution in [0.1, 0.15) is 258 Å². The summed E-state index contributed by atoms with van der Waals surface area (Å²) >= 11 is 0. The van der Waals surface area contributed by atoms with E-state index in [4.69, 9.17) is 14.2 Å². The summed E-state index contributed by atoms with van der Waals surface area (Å²) in [4.78, 5) is 37.8. The smallest absolute Gasteiger partial charge is 0.306 e. The van der Waals surface area contributed by atoms with Crippen molar-refractivity contribution in [3.05, 3.63) is 72.9 Å². The number of rotatable bonds is 48. The van der Waals surface area contributed by atoms with Crippen molar-refractivity contribution in [2.75, 3.05) is 13.2 Å². The average Bonchev–Trinajstić information content (AvgIpc) is 3.29. The van der Waals surface area contributed by atoms with E-state index in [1.54, 1.807) is 0 Å². The number of esters is 3. The highest BCUT2D eigenvalue weighted by molar-refractivity contribution is 5.71. The average molecular weight is 893 g/mol. The molecule has 0 aromatic heterocycles. The number of ether oxygens (including phenoxy) is 3. The van der Waals surface area contributed by atoms with Gasteiger partial charge in [0, 0.05) is 19.3 Å². The third-order valence-electron chi connectivity index (χ3n) is 11.4. The molecule has 0 saturated carbocycles. The standard InChI is InChI=1S/C58H100O6/c1-4-7-10-13-16-18-20-22-23-24-25-26-27-28-29-30-31-32-33-34-35-36-38-39-42-45-48-51-57(60)63-54-55(53-62-56(59)50-47-44-41-15-12-9-6-3)64-58(61)52-49-46-43-40-37-21-19-17-14-11-8-5-2/h7,10,16-19,22-23,25-26,28-29,55H,4-6,8-9,11-15,20-21,24,27,30-54H2,1-3H3/b10-7-,18-16-,19-17-,23-22-,26-25-,29-28-. The summed E-state index contributed by atoms with van der Waals surface area (Å²) in [6, 6.07) is 0. The summed E-state index contributed by atoms with van der Waals surface area (Å²) in [6.45, 7) is 6.45. The minimum Gasteiger partial charge on any atom is -0.462 e. The van der Waals surface area contributed by atoms with Gasteiger partial charge in [-0.1, -0.05) is 222 Å². The van der Waals surface area contributed by atoms with E-state index in [2.05, 4.69) is 93.7 Å². The molecule has 1 atom stereocenters. The van der Waals surface area contributed by atoms with Crippen LogP contribution in [-0.2, 0) is 28.6 Å². The van der Waals surface area contributed by atoms with E-state index in [0.717, 1.165) is 103 Å². The SMILES string of the molecule is CC/C=C\C/C=C\C/C=C\C/C=C\C/C=C\CCCCCCCCCCCCCC(=O)OCC(COC(=O)CCCCCCCCC)OC(=O)CCCCCCC/C=C\CCCCC. The number of unbranched alkanes of at least 4 members (excludes halogenated alkanes) is 25. The summed E-state index contributed by atoms with van der Waals surface area (Å²) in [7, 11) is 0. The Morgan fingerprint density at radius 3 is 1.00 bits per heavy atom. The van der Waals surface area contributed by atoms with Gasteiger partial charge in [0.2, 0.25) is 0 Å². The minimum absolute atomic E-state index is 0.0780. The van der Waals surface area contributed by atoms with Crippen molar-refractivity contribution in [3.63, 3.8) is 0 Å². The molecular formula is C58H100O6. The van der Waals surface area contributed by atoms with Gasteiger partial charge in [0.15, 0.2) is 6.10 Å². The fraction of sp³-hybridized carbons (Fsp3) is 0.741. The Morgan fingerprint density at radius 2 is 0.609 bits per heavy atom. The second-order valence-electron chi connectivity index (χ2n) is 17.8. The maximum absolute atomic E-state index is 12.7. The predicted octanol–water partition coefficient (Wildman–Crippen LogP) is 17.8. The van der Waals surface area contributed by atoms with Gasteiger partial charge in [-0.3, -0.25) is 14.4 Å². The second kappa shape index (κ2) is 52.5. The lowest BCUT2D eigenvalue weighted by molar-refractivity contribution is -0.167. The topological polar surface area (TPSA) is 78.9 Å². The van der Waals surface area contributed by atoms with Crippen molar-refractivity contribution >= 4 is 17.9 Å². The molecule has 0 radical (unpaired) electrons. The highest BCUT2D eigenvalue weighted by atomic mass is 16.6. The zero-order chi connectivity index (χ0) is 46.5. The quantitative estimate of drug-likeness (QED) is 0.0262. The van der Waals surface area contributed by atoms with Gasteiger partial charge in [0.25, 0.3) is 0 Å². The van der Waals surface area contributed by atoms with E-state index in [-0.39, 0.29) is 31.1 Å². The molecule has 0 saturated heterocycles. The van der Waals surface area contributed by atoms with Crippen molar-refractivity contribution in [3.8, 4) is 0 Å². The second-order valence-corrected chi connectivity index (χ2v) is 17.8. The Balaban J connectivity index is 4.12. The normalized spacial score (nSPS) is 12.6. The van der Waals surface area contributed by atoms with Gasteiger partial charge in [0.1, 0.15) is 13.2 Å². The lowest BCUT2D eigenvalue weighted by Crippen LogP contribution is -2.30. The maximum atomic E-state index is 12.7. The number of hydrogen-bond acceptors (Lipinski definition) is 6. The molecule has 0 heterocycles. The molecule has 0 spiro atoms. The van der Waals surface area contributed by atoms with Crippen molar-refractivity contribution in [2.45, 2.75) is 264 Å². The zero-order valence-corrected chi connectivity index (χ0v) is 42.0. The van der Waals surface area contributed by atoms with E-state index in [1.165, 1.54) is 116 Å². The van der Waals surface area contributed by atoms with Crippen LogP contribution in [0.5, 0.6) is 0 Å². The maximum Gasteiger partial charge on any atom is 0.306 e. The molecule has 0 fully saturated rings. The van der Waals surface area contributed by atoms with Crippen LogP contribution in [0.25, 0.3) is 0 Å². The number of hydrogen-bond donors (Lipinski definition) is 0. The van der Waals surface area contributed by atoms with Crippen LogP contribution in [0.2, 0.25) is 0 Å². The molecule has 6 nitrogen and oxygen atoms in total. The van der Waals surface area contributed by atoms with E-state index in [9.17, 15) is 14.4 Å². The third kappa shape index (κ3) is 49.9. The van der Waals surface area contributed by atoms with E-state index in [1.807, 2.05) is 0 Å². The van der Waals surface area contributed by atoms with Gasteiger partial charge in [-0.2, -0.15) is 0 Å². The number of carbonyl (C=O) groups is 3. The van der Waals surface area contributed by atoms with E-state index in [0.29, 0.717) is 19.3 Å². The molecule has 0 aromatic carbocycles. The van der Waals surface area contributed by atoms with Crippen LogP contribution in [0.3, 0.4) is 0 Å². The summed E-state index contributed by atoms with van der Waals surface area (Å²) in [5, 5.41) is 0. The predicted molar refractivity (Wildman–Crippen MR) is 274 cm³/mol. The molecule has 368 valence electrons. The van der Waals surface area contributed by atoms with Crippen LogP contribution in [-0.4, -0.2) is 37.2 Å². The Bertz CT molecular complexity index is 1210. The Morgan fingerprint density at radius 1 is 0.328 bits per heavy atom. The molecular weight excluding hydrogens is 793 g/mol. The third-order valence-corrected chi connectivity index (χ3v) is 11.4. The Labute approximate surface area is 395 Å². The monoisotopic (exact) mass is 893 g/mol. The van der Waals surface area contributed by atoms with Gasteiger partial charge in [0.05, 0.1) is 0 Å². The first-order chi connectivity index (χ1) is 31.5. The van der Waals surface area contributed by atoms with Crippen molar-refractivity contribution in [1.29, 1.82) is 0 Å². The van der Waals surface area contributed by atoms with Gasteiger partial charge in [-0.05, 0) is 89.9 Å². The highest BCUT2D eigenvalue weighted by Crippen LogP contribution is 2.15. The molecule has 0 N–H and O–H groups in total. The summed E-state index contributed by atoms with van der Waals surface area (Å²) in [5.41, 5.74) is 0. The molecule has 0 aliphatic heterocycles. The number of allylic oxidation sites excluding steroid dienone is 12. The fourth-order valence-electron chi connectivity index (χ4n) is 7.40. The van der Waals surface area contributed by atoms with Crippen molar-refractivity contribution in [2.24, 2.45) is 0 Å². The van der Waals surface area contributed by atoms with Crippen LogP contribution in [0, 0.1) is 0 Å². The first-order valence-electron chi connectivity index (χ1n) is 26.9. The minimum atomic E-state index is -0.776. The molecule has 0 aliphatic carbocycles. The lowest BCUT2D eigenvalue weighted by Gasteiger charge is -2.18. The Hall–Kier alpha value is -3.15. The molecule has 6 heteroatoms. The highest BCUT2D eigenvalue weighted by Gasteiger charge is 2.19. The van der Waals surface area contributed by atoms with E-state index >= 15 is 0 Å². The molecule has 0 amide bonds. The van der Waals surface area contributed by atoms with Crippen LogP contribution in [0.4, 0.5) is 0 Å². The number of carbonyl (C=O) groups excluding carboxylic acids is 3. The zero-order valence-electron chi connectivity index (χ0n) is 42.0. The van der Waals surface area contributed by atoms with Crippen molar-refractivity contribution < 1.29 is 28.6 Å². The van der Waals surface area contributed by atoms with Gasteiger partial charge < -0.3 is 14.2 Å². The van der Waals surface area contributed by atoms with Crippen LogP contribution < -0.4 is 0 Å². The summed E-state index contributed by atoms with van der Waals surface area (Å²) in [6.07, 6.45) is 66.3. The lowest BCUT2D eigenvalue weighted by atomic mass is 10.0. The van der Waals surface area contributed by atoms with Gasteiger partial charge >= 0.3 is 17.9 Å². The first-order valence-corrected chi connectivity index (χ1v) is 26.9. The summed E-state index contributed by atoms with van der Waals surface area (Å²) < 4.78 is 16.7. The Kier molecular flexibility index (Phi) is 49.9. The van der Waals surface area contributed by atoms with Gasteiger partial charge in [-0.15, -0.1) is 0 Å². The van der Waals surface area contributed by atoms with Crippen LogP contribution >= 0.6 is 0 Å².